The highest BCUT2D eigenvalue weighted by atomic mass is 16.3. The van der Waals surface area contributed by atoms with Crippen LogP contribution in [0.15, 0.2) is 0 Å². The van der Waals surface area contributed by atoms with Crippen LogP contribution in [-0.4, -0.2) is 34.5 Å². The lowest BCUT2D eigenvalue weighted by Crippen LogP contribution is -2.55. The van der Waals surface area contributed by atoms with Crippen molar-refractivity contribution in [2.45, 2.75) is 43.3 Å². The number of nitrogens with zero attached hydrogens (tertiary/aromatic N) is 2. The van der Waals surface area contributed by atoms with Gasteiger partial charge in [-0.1, -0.05) is 6.42 Å². The smallest absolute Gasteiger partial charge is 0.243 e. The summed E-state index contributed by atoms with van der Waals surface area (Å²) < 4.78 is 0. The summed E-state index contributed by atoms with van der Waals surface area (Å²) in [7, 11) is 0. The van der Waals surface area contributed by atoms with E-state index in [1.54, 1.807) is 0 Å². The zero-order valence-electron chi connectivity index (χ0n) is 9.89. The molecule has 0 aliphatic heterocycles. The van der Waals surface area contributed by atoms with E-state index in [1.165, 1.54) is 0 Å². The van der Waals surface area contributed by atoms with E-state index >= 15 is 0 Å². The van der Waals surface area contributed by atoms with E-state index in [1.807, 2.05) is 0 Å². The fourth-order valence-corrected chi connectivity index (χ4v) is 3.58. The number of aliphatic hydroxyl groups is 2. The summed E-state index contributed by atoms with van der Waals surface area (Å²) >= 11 is 0. The quantitative estimate of drug-likeness (QED) is 0.711. The molecule has 3 saturated carbocycles. The Morgan fingerprint density at radius 1 is 0.941 bits per heavy atom. The molecule has 3 fully saturated rings. The Hall–Kier alpha value is -1.10. The third-order valence-corrected chi connectivity index (χ3v) is 4.53. The van der Waals surface area contributed by atoms with Crippen LogP contribution in [0.25, 0.3) is 9.69 Å². The molecular weight excluding hydrogens is 216 g/mol. The van der Waals surface area contributed by atoms with Gasteiger partial charge in [-0.3, -0.25) is 0 Å². The molecule has 17 heavy (non-hydrogen) atoms. The van der Waals surface area contributed by atoms with Crippen molar-refractivity contribution < 1.29 is 10.2 Å². The highest BCUT2D eigenvalue weighted by Gasteiger charge is 2.57. The Bertz CT molecular complexity index is 348. The zero-order valence-corrected chi connectivity index (χ0v) is 9.89. The molecule has 4 nitrogen and oxygen atoms in total. The van der Waals surface area contributed by atoms with Gasteiger partial charge in [0.1, 0.15) is 11.2 Å². The molecule has 3 aliphatic carbocycles. The van der Waals surface area contributed by atoms with E-state index in [9.17, 15) is 10.2 Å². The highest BCUT2D eigenvalue weighted by Crippen LogP contribution is 2.50. The molecule has 0 spiro atoms. The summed E-state index contributed by atoms with van der Waals surface area (Å²) in [6.07, 6.45) is 3.67. The molecule has 4 heteroatoms. The van der Waals surface area contributed by atoms with Crippen molar-refractivity contribution >= 4 is 0 Å². The van der Waals surface area contributed by atoms with Gasteiger partial charge in [-0.05, 0) is 37.5 Å². The minimum Gasteiger partial charge on any atom is -0.382 e. The second kappa shape index (κ2) is 4.29. The third kappa shape index (κ3) is 2.04. The molecule has 0 saturated heterocycles. The Morgan fingerprint density at radius 2 is 1.35 bits per heavy atom. The van der Waals surface area contributed by atoms with Crippen LogP contribution in [0.1, 0.15) is 32.1 Å². The van der Waals surface area contributed by atoms with Crippen LogP contribution in [0.5, 0.6) is 0 Å². The largest absolute Gasteiger partial charge is 0.382 e. The van der Waals surface area contributed by atoms with Gasteiger partial charge in [0, 0.05) is 0 Å². The van der Waals surface area contributed by atoms with Gasteiger partial charge < -0.3 is 19.9 Å². The topological polar surface area (TPSA) is 49.2 Å². The maximum Gasteiger partial charge on any atom is 0.243 e. The first-order valence-electron chi connectivity index (χ1n) is 6.15. The average molecular weight is 234 g/mol. The molecular formula is C13H18N2O2. The number of hydrogen-bond donors (Lipinski definition) is 2. The van der Waals surface area contributed by atoms with E-state index < -0.39 is 11.2 Å². The Kier molecular flexibility index (Phi) is 3.12. The third-order valence-electron chi connectivity index (χ3n) is 4.53. The summed E-state index contributed by atoms with van der Waals surface area (Å²) in [5.41, 5.74) is -1.87. The van der Waals surface area contributed by atoms with E-state index in [0.717, 1.165) is 19.3 Å². The van der Waals surface area contributed by atoms with Gasteiger partial charge in [0.25, 0.3) is 0 Å². The van der Waals surface area contributed by atoms with Crippen LogP contribution in [0.4, 0.5) is 0 Å². The van der Waals surface area contributed by atoms with Crippen LogP contribution in [0.3, 0.4) is 0 Å². The summed E-state index contributed by atoms with van der Waals surface area (Å²) in [5.74, 6) is -0.0517. The SMILES string of the molecule is [C-]#[N+]CC1(O)CC2CCCC1CC2(O)C[N+]#[C-]. The average Bonchev–Trinajstić information content (AvgIpc) is 2.49. The van der Waals surface area contributed by atoms with Crippen molar-refractivity contribution in [3.8, 4) is 0 Å². The summed E-state index contributed by atoms with van der Waals surface area (Å²) in [6, 6.07) is 0. The van der Waals surface area contributed by atoms with Gasteiger partial charge in [0.2, 0.25) is 13.1 Å². The van der Waals surface area contributed by atoms with Gasteiger partial charge in [-0.25, -0.2) is 13.1 Å². The zero-order chi connectivity index (χ0) is 12.5. The molecule has 0 aromatic heterocycles. The first kappa shape index (κ1) is 12.4. The Balaban J connectivity index is 2.26. The van der Waals surface area contributed by atoms with E-state index in [2.05, 4.69) is 9.69 Å². The normalized spacial score (nSPS) is 44.7. The van der Waals surface area contributed by atoms with E-state index in [-0.39, 0.29) is 24.9 Å². The fraction of sp³-hybridized carbons (Fsp3) is 0.846. The van der Waals surface area contributed by atoms with Crippen LogP contribution < -0.4 is 0 Å². The molecule has 0 aromatic carbocycles. The summed E-state index contributed by atoms with van der Waals surface area (Å²) in [4.78, 5) is 6.69. The molecule has 0 heterocycles. The predicted molar refractivity (Wildman–Crippen MR) is 62.9 cm³/mol. The van der Waals surface area contributed by atoms with Crippen molar-refractivity contribution in [2.24, 2.45) is 11.8 Å². The fourth-order valence-electron chi connectivity index (χ4n) is 3.58. The summed E-state index contributed by atoms with van der Waals surface area (Å²) in [5, 5.41) is 21.1. The van der Waals surface area contributed by atoms with Crippen molar-refractivity contribution in [3.05, 3.63) is 22.8 Å². The van der Waals surface area contributed by atoms with Crippen LogP contribution in [0.2, 0.25) is 0 Å². The molecule has 2 N–H and O–H groups in total. The van der Waals surface area contributed by atoms with Crippen molar-refractivity contribution in [1.29, 1.82) is 0 Å². The van der Waals surface area contributed by atoms with Crippen LogP contribution in [-0.2, 0) is 0 Å². The molecule has 3 rings (SSSR count). The molecule has 0 amide bonds. The molecule has 2 bridgehead atoms. The van der Waals surface area contributed by atoms with E-state index in [4.69, 9.17) is 13.1 Å². The first-order chi connectivity index (χ1) is 8.04. The second-order valence-electron chi connectivity index (χ2n) is 5.57. The first-order valence-corrected chi connectivity index (χ1v) is 6.15. The standard InChI is InChI=1S/C13H18N2O2/c1-14-8-12(16)6-11-5-3-4-10(12)7-13(11,17)9-15-2/h10-11,16-17H,3-9H2. The van der Waals surface area contributed by atoms with Gasteiger partial charge >= 0.3 is 0 Å². The molecule has 4 unspecified atom stereocenters. The van der Waals surface area contributed by atoms with Gasteiger partial charge in [-0.2, -0.15) is 0 Å². The van der Waals surface area contributed by atoms with Crippen molar-refractivity contribution in [2.75, 3.05) is 13.1 Å². The Labute approximate surface area is 102 Å². The van der Waals surface area contributed by atoms with Crippen molar-refractivity contribution in [1.82, 2.24) is 0 Å². The maximum atomic E-state index is 10.5. The van der Waals surface area contributed by atoms with E-state index in [0.29, 0.717) is 12.8 Å². The predicted octanol–water partition coefficient (Wildman–Crippen LogP) is 1.50. The molecule has 0 radical (unpaired) electrons. The summed E-state index contributed by atoms with van der Waals surface area (Å²) in [6.45, 7) is 14.2. The van der Waals surface area contributed by atoms with Gasteiger partial charge in [0.15, 0.2) is 0 Å². The lowest BCUT2D eigenvalue weighted by molar-refractivity contribution is -0.132. The van der Waals surface area contributed by atoms with Crippen molar-refractivity contribution in [3.63, 3.8) is 0 Å². The maximum absolute atomic E-state index is 10.5. The highest BCUT2D eigenvalue weighted by molar-refractivity contribution is 5.09. The van der Waals surface area contributed by atoms with Gasteiger partial charge in [0.05, 0.1) is 0 Å². The van der Waals surface area contributed by atoms with Crippen LogP contribution >= 0.6 is 0 Å². The monoisotopic (exact) mass is 234 g/mol. The Morgan fingerprint density at radius 3 is 1.71 bits per heavy atom. The number of hydrogen-bond acceptors (Lipinski definition) is 2. The minimum atomic E-state index is -0.933. The minimum absolute atomic E-state index is 0.0258. The molecule has 4 atom stereocenters. The molecule has 92 valence electrons. The lowest BCUT2D eigenvalue weighted by Gasteiger charge is -2.44. The van der Waals surface area contributed by atoms with Gasteiger partial charge in [-0.15, -0.1) is 0 Å². The second-order valence-corrected chi connectivity index (χ2v) is 5.57. The van der Waals surface area contributed by atoms with Crippen LogP contribution in [0, 0.1) is 25.0 Å². The number of rotatable bonds is 2. The molecule has 0 aromatic rings. The molecule has 3 aliphatic rings. The number of fused-ring (bicyclic) bond motifs is 4. The lowest BCUT2D eigenvalue weighted by atomic mass is 9.64.